The fraction of sp³-hybridized carbons (Fsp3) is 0.455. The van der Waals surface area contributed by atoms with Crippen LogP contribution in [0.1, 0.15) is 51.7 Å². The van der Waals surface area contributed by atoms with Gasteiger partial charge in [-0.25, -0.2) is 0 Å². The lowest BCUT2D eigenvalue weighted by Crippen LogP contribution is -2.33. The molecule has 0 radical (unpaired) electrons. The Balaban J connectivity index is 2.14. The molecule has 2 atom stereocenters. The topological polar surface area (TPSA) is 9.23 Å². The van der Waals surface area contributed by atoms with E-state index in [0.717, 1.165) is 30.7 Å². The van der Waals surface area contributed by atoms with Gasteiger partial charge in [-0.05, 0) is 112 Å². The first-order valence-electron chi connectivity index (χ1n) is 9.14. The molecule has 5 heteroatoms. The summed E-state index contributed by atoms with van der Waals surface area (Å²) >= 11 is 14.4. The van der Waals surface area contributed by atoms with Gasteiger partial charge in [-0.2, -0.15) is 0 Å². The highest BCUT2D eigenvalue weighted by Gasteiger charge is 2.30. The van der Waals surface area contributed by atoms with Crippen molar-refractivity contribution in [2.75, 3.05) is 13.2 Å². The molecule has 0 saturated heterocycles. The van der Waals surface area contributed by atoms with Crippen LogP contribution >= 0.6 is 63.7 Å². The van der Waals surface area contributed by atoms with Gasteiger partial charge >= 0.3 is 0 Å². The third-order valence-corrected chi connectivity index (χ3v) is 9.39. The minimum atomic E-state index is -0.0157. The monoisotopic (exact) mass is 622 g/mol. The molecule has 2 aromatic rings. The van der Waals surface area contributed by atoms with Gasteiger partial charge in [-0.15, -0.1) is 0 Å². The zero-order chi connectivity index (χ0) is 20.2. The van der Waals surface area contributed by atoms with Crippen LogP contribution in [0.15, 0.2) is 54.3 Å². The Morgan fingerprint density at radius 2 is 1.04 bits per heavy atom. The number of rotatable bonds is 8. The number of halogens is 4. The van der Waals surface area contributed by atoms with Crippen LogP contribution in [0.25, 0.3) is 0 Å². The minimum Gasteiger partial charge on any atom is -0.380 e. The highest BCUT2D eigenvalue weighted by molar-refractivity contribution is 9.13. The van der Waals surface area contributed by atoms with E-state index in [1.807, 2.05) is 0 Å². The standard InChI is InChI=1S/C22H26Br4O/c1-5-21(3,15-7-9-17(23)19(25)11-15)13-27-14-22(4,6-2)16-8-10-18(24)20(26)12-16/h7-12H,5-6,13-14H2,1-4H3. The van der Waals surface area contributed by atoms with Crippen molar-refractivity contribution in [3.8, 4) is 0 Å². The summed E-state index contributed by atoms with van der Waals surface area (Å²) in [5.41, 5.74) is 2.56. The average Bonchev–Trinajstić information content (AvgIpc) is 2.65. The van der Waals surface area contributed by atoms with Crippen LogP contribution in [-0.4, -0.2) is 13.2 Å². The summed E-state index contributed by atoms with van der Waals surface area (Å²) in [6.45, 7) is 10.4. The van der Waals surface area contributed by atoms with E-state index in [4.69, 9.17) is 4.74 Å². The Labute approximate surface area is 197 Å². The van der Waals surface area contributed by atoms with Crippen molar-refractivity contribution in [1.82, 2.24) is 0 Å². The van der Waals surface area contributed by atoms with Crippen LogP contribution in [0, 0.1) is 0 Å². The Kier molecular flexibility index (Phi) is 8.64. The summed E-state index contributed by atoms with van der Waals surface area (Å²) in [7, 11) is 0. The summed E-state index contributed by atoms with van der Waals surface area (Å²) in [5, 5.41) is 0. The first-order valence-corrected chi connectivity index (χ1v) is 12.3. The number of benzene rings is 2. The van der Waals surface area contributed by atoms with Crippen molar-refractivity contribution in [3.63, 3.8) is 0 Å². The normalized spacial score (nSPS) is 16.0. The number of ether oxygens (including phenoxy) is 1. The molecule has 0 aromatic heterocycles. The quantitative estimate of drug-likeness (QED) is 0.285. The molecule has 0 saturated carbocycles. The molecular formula is C22H26Br4O. The maximum atomic E-state index is 6.34. The molecule has 0 spiro atoms. The minimum absolute atomic E-state index is 0.0157. The van der Waals surface area contributed by atoms with Gasteiger partial charge in [0.05, 0.1) is 13.2 Å². The van der Waals surface area contributed by atoms with Gasteiger partial charge in [0, 0.05) is 28.7 Å². The Hall–Kier alpha value is 0.320. The lowest BCUT2D eigenvalue weighted by Gasteiger charge is -2.33. The van der Waals surface area contributed by atoms with Gasteiger partial charge in [0.15, 0.2) is 0 Å². The van der Waals surface area contributed by atoms with Crippen molar-refractivity contribution < 1.29 is 4.74 Å². The van der Waals surface area contributed by atoms with Gasteiger partial charge in [0.2, 0.25) is 0 Å². The number of hydrogen-bond acceptors (Lipinski definition) is 1. The smallest absolute Gasteiger partial charge is 0.0560 e. The molecule has 2 aromatic carbocycles. The molecule has 0 heterocycles. The number of hydrogen-bond donors (Lipinski definition) is 0. The van der Waals surface area contributed by atoms with Gasteiger partial charge in [-0.3, -0.25) is 0 Å². The highest BCUT2D eigenvalue weighted by Crippen LogP contribution is 2.36. The average molecular weight is 626 g/mol. The van der Waals surface area contributed by atoms with Crippen molar-refractivity contribution in [3.05, 3.63) is 65.4 Å². The third kappa shape index (κ3) is 5.69. The van der Waals surface area contributed by atoms with Gasteiger partial charge in [-0.1, -0.05) is 39.8 Å². The lowest BCUT2D eigenvalue weighted by atomic mass is 9.79. The molecule has 27 heavy (non-hydrogen) atoms. The molecule has 2 rings (SSSR count). The summed E-state index contributed by atoms with van der Waals surface area (Å²) < 4.78 is 10.7. The third-order valence-electron chi connectivity index (χ3n) is 5.63. The van der Waals surface area contributed by atoms with Crippen molar-refractivity contribution in [1.29, 1.82) is 0 Å². The van der Waals surface area contributed by atoms with Crippen LogP contribution < -0.4 is 0 Å². The van der Waals surface area contributed by atoms with Crippen molar-refractivity contribution in [2.24, 2.45) is 0 Å². The molecule has 1 nitrogen and oxygen atoms in total. The maximum Gasteiger partial charge on any atom is 0.0560 e. The second-order valence-electron chi connectivity index (χ2n) is 7.58. The molecule has 0 amide bonds. The molecule has 0 fully saturated rings. The Morgan fingerprint density at radius 3 is 1.33 bits per heavy atom. The zero-order valence-electron chi connectivity index (χ0n) is 16.2. The second-order valence-corrected chi connectivity index (χ2v) is 11.0. The Morgan fingerprint density at radius 1 is 0.667 bits per heavy atom. The van der Waals surface area contributed by atoms with E-state index in [9.17, 15) is 0 Å². The van der Waals surface area contributed by atoms with E-state index in [-0.39, 0.29) is 10.8 Å². The van der Waals surface area contributed by atoms with Crippen LogP contribution in [0.5, 0.6) is 0 Å². The zero-order valence-corrected chi connectivity index (χ0v) is 22.6. The SMILES string of the molecule is CCC(C)(COCC(C)(CC)c1ccc(Br)c(Br)c1)c1ccc(Br)c(Br)c1. The highest BCUT2D eigenvalue weighted by atomic mass is 79.9. The molecule has 2 unspecified atom stereocenters. The Bertz CT molecular complexity index is 726. The summed E-state index contributed by atoms with van der Waals surface area (Å²) in [5.74, 6) is 0. The van der Waals surface area contributed by atoms with E-state index in [1.165, 1.54) is 11.1 Å². The predicted molar refractivity (Wildman–Crippen MR) is 130 cm³/mol. The van der Waals surface area contributed by atoms with Crippen molar-refractivity contribution in [2.45, 2.75) is 51.4 Å². The van der Waals surface area contributed by atoms with Crippen LogP contribution in [0.3, 0.4) is 0 Å². The van der Waals surface area contributed by atoms with Gasteiger partial charge in [0.25, 0.3) is 0 Å². The molecule has 0 aliphatic heterocycles. The summed E-state index contributed by atoms with van der Waals surface area (Å²) in [6.07, 6.45) is 2.04. The van der Waals surface area contributed by atoms with Crippen LogP contribution in [0.4, 0.5) is 0 Å². The first-order chi connectivity index (χ1) is 12.6. The molecule has 0 aliphatic carbocycles. The van der Waals surface area contributed by atoms with Gasteiger partial charge in [0.1, 0.15) is 0 Å². The molecule has 0 aliphatic rings. The van der Waals surface area contributed by atoms with E-state index in [0.29, 0.717) is 13.2 Å². The van der Waals surface area contributed by atoms with Gasteiger partial charge < -0.3 is 4.74 Å². The first kappa shape index (κ1) is 23.6. The summed E-state index contributed by atoms with van der Waals surface area (Å²) in [4.78, 5) is 0. The van der Waals surface area contributed by atoms with E-state index < -0.39 is 0 Å². The largest absolute Gasteiger partial charge is 0.380 e. The lowest BCUT2D eigenvalue weighted by molar-refractivity contribution is 0.0510. The van der Waals surface area contributed by atoms with E-state index in [2.05, 4.69) is 128 Å². The molecular weight excluding hydrogens is 600 g/mol. The fourth-order valence-corrected chi connectivity index (χ4v) is 4.27. The predicted octanol–water partition coefficient (Wildman–Crippen LogP) is 8.79. The van der Waals surface area contributed by atoms with E-state index in [1.54, 1.807) is 0 Å². The van der Waals surface area contributed by atoms with Crippen LogP contribution in [-0.2, 0) is 15.6 Å². The van der Waals surface area contributed by atoms with E-state index >= 15 is 0 Å². The van der Waals surface area contributed by atoms with Crippen molar-refractivity contribution >= 4 is 63.7 Å². The molecule has 0 N–H and O–H groups in total. The molecule has 148 valence electrons. The fourth-order valence-electron chi connectivity index (χ4n) is 3.02. The van der Waals surface area contributed by atoms with Crippen LogP contribution in [0.2, 0.25) is 0 Å². The second kappa shape index (κ2) is 9.88. The maximum absolute atomic E-state index is 6.34. The molecule has 0 bridgehead atoms. The summed E-state index contributed by atoms with van der Waals surface area (Å²) in [6, 6.07) is 13.0.